The van der Waals surface area contributed by atoms with Crippen LogP contribution in [0, 0.1) is 11.3 Å². The van der Waals surface area contributed by atoms with Crippen LogP contribution in [-0.4, -0.2) is 65.1 Å². The second-order valence-corrected chi connectivity index (χ2v) is 6.92. The van der Waals surface area contributed by atoms with Crippen LogP contribution >= 0.6 is 0 Å². The van der Waals surface area contributed by atoms with E-state index >= 15 is 0 Å². The number of pyridine rings is 1. The molecular formula is C18H20FN5O2. The fourth-order valence-corrected chi connectivity index (χ4v) is 3.77. The summed E-state index contributed by atoms with van der Waals surface area (Å²) in [6.45, 7) is 1.72. The molecule has 26 heavy (non-hydrogen) atoms. The number of anilines is 1. The molecule has 2 aromatic heterocycles. The third-order valence-electron chi connectivity index (χ3n) is 5.07. The largest absolute Gasteiger partial charge is 0.462 e. The molecule has 2 aliphatic rings. The first-order valence-electron chi connectivity index (χ1n) is 8.77. The Bertz CT molecular complexity index is 847. The van der Waals surface area contributed by atoms with Gasteiger partial charge in [-0.15, -0.1) is 0 Å². The maximum absolute atomic E-state index is 13.5. The number of carbonyl (C=O) groups is 1. The van der Waals surface area contributed by atoms with E-state index in [0.29, 0.717) is 6.54 Å². The van der Waals surface area contributed by atoms with Gasteiger partial charge in [0, 0.05) is 37.1 Å². The predicted octanol–water partition coefficient (Wildman–Crippen LogP) is 1.78. The second kappa shape index (κ2) is 6.92. The minimum absolute atomic E-state index is 0.0265. The van der Waals surface area contributed by atoms with Gasteiger partial charge in [0.15, 0.2) is 5.58 Å². The van der Waals surface area contributed by atoms with E-state index in [1.165, 1.54) is 4.90 Å². The first-order chi connectivity index (χ1) is 12.6. The Kier molecular flexibility index (Phi) is 4.47. The summed E-state index contributed by atoms with van der Waals surface area (Å²) in [5.74, 6) is -0.174. The Hall–Kier alpha value is -2.66. The zero-order valence-corrected chi connectivity index (χ0v) is 14.3. The molecular weight excluding hydrogens is 337 g/mol. The SMILES string of the molecule is N#C[C@@H]1C[C@H](F)CN1C(=O)CN1CC[C@H](Nc2cncc3ccoc23)C1. The molecule has 0 unspecified atom stereocenters. The molecule has 0 bridgehead atoms. The Morgan fingerprint density at radius 3 is 3.19 bits per heavy atom. The van der Waals surface area contributed by atoms with Crippen molar-refractivity contribution in [1.82, 2.24) is 14.8 Å². The number of alkyl halides is 1. The minimum Gasteiger partial charge on any atom is -0.462 e. The molecule has 8 heteroatoms. The summed E-state index contributed by atoms with van der Waals surface area (Å²) in [6, 6.07) is 3.43. The summed E-state index contributed by atoms with van der Waals surface area (Å²) in [4.78, 5) is 20.1. The molecule has 0 aliphatic carbocycles. The van der Waals surface area contributed by atoms with Gasteiger partial charge in [0.2, 0.25) is 5.91 Å². The fraction of sp³-hybridized carbons (Fsp3) is 0.500. The van der Waals surface area contributed by atoms with Crippen molar-refractivity contribution in [3.8, 4) is 6.07 Å². The highest BCUT2D eigenvalue weighted by Gasteiger charge is 2.36. The van der Waals surface area contributed by atoms with Crippen LogP contribution in [0.1, 0.15) is 12.8 Å². The summed E-state index contributed by atoms with van der Waals surface area (Å²) in [6.07, 6.45) is 5.03. The molecule has 0 aromatic carbocycles. The van der Waals surface area contributed by atoms with Crippen LogP contribution in [0.5, 0.6) is 0 Å². The highest BCUT2D eigenvalue weighted by Crippen LogP contribution is 2.25. The van der Waals surface area contributed by atoms with Crippen molar-refractivity contribution in [2.24, 2.45) is 0 Å². The van der Waals surface area contributed by atoms with E-state index < -0.39 is 12.2 Å². The van der Waals surface area contributed by atoms with Crippen LogP contribution in [0.2, 0.25) is 0 Å². The number of nitrogens with one attached hydrogen (secondary N) is 1. The maximum atomic E-state index is 13.5. The average molecular weight is 357 g/mol. The number of hydrogen-bond donors (Lipinski definition) is 1. The number of fused-ring (bicyclic) bond motifs is 1. The Balaban J connectivity index is 1.35. The topological polar surface area (TPSA) is 85.4 Å². The van der Waals surface area contributed by atoms with E-state index in [1.807, 2.05) is 17.0 Å². The van der Waals surface area contributed by atoms with Gasteiger partial charge >= 0.3 is 0 Å². The molecule has 0 spiro atoms. The summed E-state index contributed by atoms with van der Waals surface area (Å²) in [5, 5.41) is 13.5. The lowest BCUT2D eigenvalue weighted by molar-refractivity contribution is -0.132. The smallest absolute Gasteiger partial charge is 0.237 e. The molecule has 1 amide bonds. The number of likely N-dealkylation sites (tertiary alicyclic amines) is 2. The van der Waals surface area contributed by atoms with Crippen LogP contribution < -0.4 is 5.32 Å². The fourth-order valence-electron chi connectivity index (χ4n) is 3.77. The van der Waals surface area contributed by atoms with E-state index in [2.05, 4.69) is 10.3 Å². The predicted molar refractivity (Wildman–Crippen MR) is 93.1 cm³/mol. The summed E-state index contributed by atoms with van der Waals surface area (Å²) in [7, 11) is 0. The van der Waals surface area contributed by atoms with Crippen molar-refractivity contribution in [3.05, 3.63) is 24.7 Å². The second-order valence-electron chi connectivity index (χ2n) is 6.92. The number of nitrogens with zero attached hydrogens (tertiary/aromatic N) is 4. The lowest BCUT2D eigenvalue weighted by Crippen LogP contribution is -2.42. The lowest BCUT2D eigenvalue weighted by Gasteiger charge is -2.23. The van der Waals surface area contributed by atoms with Gasteiger partial charge in [-0.1, -0.05) is 0 Å². The number of furan rings is 1. The van der Waals surface area contributed by atoms with Crippen LogP contribution in [0.15, 0.2) is 29.1 Å². The number of carbonyl (C=O) groups excluding carboxylic acids is 1. The number of rotatable bonds is 4. The zero-order chi connectivity index (χ0) is 18.1. The molecule has 2 aliphatic heterocycles. The number of hydrogen-bond acceptors (Lipinski definition) is 6. The molecule has 2 aromatic rings. The van der Waals surface area contributed by atoms with Gasteiger partial charge in [0.25, 0.3) is 0 Å². The van der Waals surface area contributed by atoms with Gasteiger partial charge in [-0.3, -0.25) is 14.7 Å². The van der Waals surface area contributed by atoms with Crippen molar-refractivity contribution < 1.29 is 13.6 Å². The Morgan fingerprint density at radius 1 is 1.46 bits per heavy atom. The Morgan fingerprint density at radius 2 is 2.35 bits per heavy atom. The molecule has 4 heterocycles. The van der Waals surface area contributed by atoms with Crippen LogP contribution in [-0.2, 0) is 4.79 Å². The first-order valence-corrected chi connectivity index (χ1v) is 8.77. The zero-order valence-electron chi connectivity index (χ0n) is 14.3. The highest BCUT2D eigenvalue weighted by molar-refractivity contribution is 5.87. The molecule has 1 N–H and O–H groups in total. The number of halogens is 1. The van der Waals surface area contributed by atoms with Gasteiger partial charge in [0.05, 0.1) is 37.3 Å². The number of amides is 1. The normalized spacial score (nSPS) is 26.3. The number of nitriles is 1. The summed E-state index contributed by atoms with van der Waals surface area (Å²) in [5.41, 5.74) is 1.62. The van der Waals surface area contributed by atoms with Gasteiger partial charge in [0.1, 0.15) is 12.2 Å². The van der Waals surface area contributed by atoms with Crippen molar-refractivity contribution in [2.75, 3.05) is 31.5 Å². The lowest BCUT2D eigenvalue weighted by atomic mass is 10.2. The van der Waals surface area contributed by atoms with Gasteiger partial charge in [-0.2, -0.15) is 5.26 Å². The molecule has 2 saturated heterocycles. The van der Waals surface area contributed by atoms with Crippen molar-refractivity contribution >= 4 is 22.6 Å². The Labute approximate surface area is 150 Å². The van der Waals surface area contributed by atoms with Gasteiger partial charge in [-0.25, -0.2) is 4.39 Å². The quantitative estimate of drug-likeness (QED) is 0.898. The first kappa shape index (κ1) is 16.8. The third-order valence-corrected chi connectivity index (χ3v) is 5.07. The molecule has 3 atom stereocenters. The number of aromatic nitrogens is 1. The summed E-state index contributed by atoms with van der Waals surface area (Å²) < 4.78 is 19.0. The van der Waals surface area contributed by atoms with Crippen LogP contribution in [0.25, 0.3) is 11.0 Å². The van der Waals surface area contributed by atoms with Gasteiger partial charge < -0.3 is 14.6 Å². The highest BCUT2D eigenvalue weighted by atomic mass is 19.1. The van der Waals surface area contributed by atoms with E-state index in [0.717, 1.165) is 29.6 Å². The van der Waals surface area contributed by atoms with E-state index in [1.54, 1.807) is 18.7 Å². The monoisotopic (exact) mass is 357 g/mol. The maximum Gasteiger partial charge on any atom is 0.237 e. The van der Waals surface area contributed by atoms with E-state index in [-0.39, 0.29) is 31.5 Å². The van der Waals surface area contributed by atoms with Gasteiger partial charge in [-0.05, 0) is 12.5 Å². The molecule has 0 radical (unpaired) electrons. The molecule has 136 valence electrons. The van der Waals surface area contributed by atoms with Crippen molar-refractivity contribution in [1.29, 1.82) is 5.26 Å². The van der Waals surface area contributed by atoms with Crippen LogP contribution in [0.3, 0.4) is 0 Å². The standard InChI is InChI=1S/C18H20FN5O2/c19-13-5-15(6-20)24(9-13)17(25)11-23-3-1-14(10-23)22-16-8-21-7-12-2-4-26-18(12)16/h2,4,7-8,13-15,22H,1,3,5,9-11H2/t13-,14-,15-/m0/s1. The molecule has 2 fully saturated rings. The van der Waals surface area contributed by atoms with Crippen LogP contribution in [0.4, 0.5) is 10.1 Å². The van der Waals surface area contributed by atoms with E-state index in [4.69, 9.17) is 9.68 Å². The van der Waals surface area contributed by atoms with E-state index in [9.17, 15) is 9.18 Å². The third kappa shape index (κ3) is 3.22. The molecule has 7 nitrogen and oxygen atoms in total. The average Bonchev–Trinajstić information content (AvgIpc) is 3.34. The van der Waals surface area contributed by atoms with Crippen molar-refractivity contribution in [3.63, 3.8) is 0 Å². The summed E-state index contributed by atoms with van der Waals surface area (Å²) >= 11 is 0. The molecule has 0 saturated carbocycles. The van der Waals surface area contributed by atoms with Crippen molar-refractivity contribution in [2.45, 2.75) is 31.1 Å². The molecule has 4 rings (SSSR count). The minimum atomic E-state index is -1.10.